The number of hydrogen-bond acceptors (Lipinski definition) is 5. The summed E-state index contributed by atoms with van der Waals surface area (Å²) >= 11 is 0. The zero-order valence-corrected chi connectivity index (χ0v) is 16.6. The first-order chi connectivity index (χ1) is 13.5. The summed E-state index contributed by atoms with van der Waals surface area (Å²) < 4.78 is 11.7. The molecule has 2 heterocycles. The molecule has 154 valence electrons. The van der Waals surface area contributed by atoms with Gasteiger partial charge in [0.1, 0.15) is 6.04 Å². The number of carbonyl (C=O) groups excluding carboxylic acids is 2. The van der Waals surface area contributed by atoms with E-state index in [4.69, 9.17) is 9.47 Å². The van der Waals surface area contributed by atoms with Crippen molar-refractivity contribution in [3.63, 3.8) is 0 Å². The number of rotatable bonds is 3. The number of methoxy groups -OCH3 is 1. The summed E-state index contributed by atoms with van der Waals surface area (Å²) in [6, 6.07) is 4.68. The number of fused-ring (bicyclic) bond motifs is 7. The molecule has 0 unspecified atom stereocenters. The summed E-state index contributed by atoms with van der Waals surface area (Å²) in [6.45, 7) is 1.23. The molecular weight excluding hydrogens is 360 g/mol. The van der Waals surface area contributed by atoms with Crippen molar-refractivity contribution >= 4 is 11.8 Å². The van der Waals surface area contributed by atoms with E-state index in [-0.39, 0.29) is 24.5 Å². The van der Waals surface area contributed by atoms with E-state index in [0.29, 0.717) is 30.3 Å². The van der Waals surface area contributed by atoms with Crippen molar-refractivity contribution in [3.05, 3.63) is 23.8 Å². The Balaban J connectivity index is 1.88. The third-order valence-corrected chi connectivity index (χ3v) is 5.63. The van der Waals surface area contributed by atoms with Gasteiger partial charge in [-0.05, 0) is 62.1 Å². The molecule has 0 spiro atoms. The molecule has 0 aromatic heterocycles. The van der Waals surface area contributed by atoms with Crippen LogP contribution in [0.3, 0.4) is 0 Å². The van der Waals surface area contributed by atoms with Crippen molar-refractivity contribution in [2.75, 3.05) is 13.7 Å². The van der Waals surface area contributed by atoms with E-state index in [1.165, 1.54) is 6.92 Å². The fraction of sp³-hybridized carbons (Fsp3) is 0.619. The van der Waals surface area contributed by atoms with Crippen LogP contribution in [0.5, 0.6) is 11.5 Å². The molecule has 4 rings (SSSR count). The Bertz CT molecular complexity index is 700. The van der Waals surface area contributed by atoms with Gasteiger partial charge in [0, 0.05) is 6.92 Å². The molecule has 2 amide bonds. The van der Waals surface area contributed by atoms with Gasteiger partial charge in [0.15, 0.2) is 11.5 Å². The summed E-state index contributed by atoms with van der Waals surface area (Å²) in [7, 11) is 1.62. The fourth-order valence-electron chi connectivity index (χ4n) is 4.16. The number of benzene rings is 1. The topological polar surface area (TPSA) is 96.9 Å². The van der Waals surface area contributed by atoms with Gasteiger partial charge < -0.3 is 25.2 Å². The second-order valence-electron chi connectivity index (χ2n) is 7.83. The van der Waals surface area contributed by atoms with Gasteiger partial charge >= 0.3 is 0 Å². The standard InChI is InChI=1S/C21H30N2O5/c1-13(25)22-18-10-14-3-6-17(7-4-14)28-20-11-15(5-8-19(20)27-2)9-16(12-24)23-21(18)26/h5,8,11,14,16-18,24H,3-4,6-7,9-10,12H2,1-2H3,(H,22,25)(H,23,26)/t14-,16-,17+,18-/m0/s1. The van der Waals surface area contributed by atoms with Crippen LogP contribution in [-0.2, 0) is 16.0 Å². The molecule has 0 saturated heterocycles. The van der Waals surface area contributed by atoms with Crippen LogP contribution in [0.15, 0.2) is 18.2 Å². The van der Waals surface area contributed by atoms with Gasteiger partial charge in [-0.15, -0.1) is 0 Å². The Hall–Kier alpha value is -2.28. The lowest BCUT2D eigenvalue weighted by molar-refractivity contribution is -0.129. The highest BCUT2D eigenvalue weighted by Crippen LogP contribution is 2.35. The largest absolute Gasteiger partial charge is 0.493 e. The lowest BCUT2D eigenvalue weighted by Crippen LogP contribution is -2.51. The third-order valence-electron chi connectivity index (χ3n) is 5.63. The third kappa shape index (κ3) is 5.16. The number of aliphatic hydroxyl groups is 1. The molecule has 1 aromatic carbocycles. The van der Waals surface area contributed by atoms with Gasteiger partial charge in [-0.3, -0.25) is 9.59 Å². The zero-order chi connectivity index (χ0) is 20.1. The smallest absolute Gasteiger partial charge is 0.242 e. The van der Waals surface area contributed by atoms with Crippen LogP contribution in [0.2, 0.25) is 0 Å². The summed E-state index contributed by atoms with van der Waals surface area (Å²) in [6.07, 6.45) is 4.88. The second kappa shape index (κ2) is 9.28. The monoisotopic (exact) mass is 390 g/mol. The SMILES string of the molecule is COc1ccc2cc1O[C@H]1CC[C@H](CC1)C[C@H](NC(C)=O)C(=O)N[C@H](CO)C2. The predicted octanol–water partition coefficient (Wildman–Crippen LogP) is 1.56. The van der Waals surface area contributed by atoms with Crippen molar-refractivity contribution in [1.29, 1.82) is 0 Å². The molecule has 7 nitrogen and oxygen atoms in total. The van der Waals surface area contributed by atoms with Crippen molar-refractivity contribution in [1.82, 2.24) is 10.6 Å². The minimum Gasteiger partial charge on any atom is -0.493 e. The first kappa shape index (κ1) is 20.5. The molecule has 3 aliphatic rings. The van der Waals surface area contributed by atoms with Crippen molar-refractivity contribution in [2.45, 2.75) is 63.6 Å². The number of hydrogen-bond donors (Lipinski definition) is 3. The molecule has 7 heteroatoms. The summed E-state index contributed by atoms with van der Waals surface area (Å²) in [5, 5.41) is 15.4. The average Bonchev–Trinajstić information content (AvgIpc) is 2.67. The Kier molecular flexibility index (Phi) is 6.78. The van der Waals surface area contributed by atoms with Crippen LogP contribution in [-0.4, -0.2) is 48.8 Å². The number of nitrogens with one attached hydrogen (secondary N) is 2. The van der Waals surface area contributed by atoms with Crippen LogP contribution in [0.25, 0.3) is 0 Å². The van der Waals surface area contributed by atoms with Crippen LogP contribution in [0, 0.1) is 5.92 Å². The van der Waals surface area contributed by atoms with Crippen LogP contribution >= 0.6 is 0 Å². The number of ether oxygens (including phenoxy) is 2. The Morgan fingerprint density at radius 1 is 1.32 bits per heavy atom. The van der Waals surface area contributed by atoms with E-state index >= 15 is 0 Å². The summed E-state index contributed by atoms with van der Waals surface area (Å²) in [4.78, 5) is 24.4. The lowest BCUT2D eigenvalue weighted by atomic mass is 9.83. The molecule has 1 aliphatic carbocycles. The van der Waals surface area contributed by atoms with Gasteiger partial charge in [-0.25, -0.2) is 0 Å². The van der Waals surface area contributed by atoms with E-state index in [1.807, 2.05) is 18.2 Å². The van der Waals surface area contributed by atoms with E-state index in [0.717, 1.165) is 31.2 Å². The van der Waals surface area contributed by atoms with Crippen LogP contribution in [0.1, 0.15) is 44.6 Å². The van der Waals surface area contributed by atoms with Gasteiger partial charge in [-0.1, -0.05) is 6.07 Å². The average molecular weight is 390 g/mol. The lowest BCUT2D eigenvalue weighted by Gasteiger charge is -2.32. The molecule has 2 aliphatic heterocycles. The Morgan fingerprint density at radius 3 is 2.71 bits per heavy atom. The quantitative estimate of drug-likeness (QED) is 0.728. The maximum atomic E-state index is 12.8. The molecule has 2 atom stereocenters. The van der Waals surface area contributed by atoms with Crippen molar-refractivity contribution in [2.24, 2.45) is 5.92 Å². The van der Waals surface area contributed by atoms with E-state index in [1.54, 1.807) is 7.11 Å². The number of carbonyl (C=O) groups is 2. The fourth-order valence-corrected chi connectivity index (χ4v) is 4.16. The Labute approximate surface area is 165 Å². The van der Waals surface area contributed by atoms with Gasteiger partial charge in [0.2, 0.25) is 11.8 Å². The highest BCUT2D eigenvalue weighted by molar-refractivity contribution is 5.87. The highest BCUT2D eigenvalue weighted by Gasteiger charge is 2.30. The number of amides is 2. The molecule has 1 saturated carbocycles. The molecular formula is C21H30N2O5. The summed E-state index contributed by atoms with van der Waals surface area (Å²) in [5.74, 6) is 1.29. The predicted molar refractivity (Wildman–Crippen MR) is 104 cm³/mol. The van der Waals surface area contributed by atoms with E-state index in [2.05, 4.69) is 10.6 Å². The van der Waals surface area contributed by atoms with Gasteiger partial charge in [0.05, 0.1) is 25.9 Å². The van der Waals surface area contributed by atoms with E-state index in [9.17, 15) is 14.7 Å². The van der Waals surface area contributed by atoms with Gasteiger partial charge in [0.25, 0.3) is 0 Å². The minimum atomic E-state index is -0.580. The van der Waals surface area contributed by atoms with Crippen LogP contribution < -0.4 is 20.1 Å². The maximum Gasteiger partial charge on any atom is 0.242 e. The molecule has 0 radical (unpaired) electrons. The van der Waals surface area contributed by atoms with Crippen molar-refractivity contribution < 1.29 is 24.2 Å². The zero-order valence-electron chi connectivity index (χ0n) is 16.6. The molecule has 1 fully saturated rings. The maximum absolute atomic E-state index is 12.8. The molecule has 4 bridgehead atoms. The molecule has 1 aromatic rings. The first-order valence-corrected chi connectivity index (χ1v) is 10.0. The van der Waals surface area contributed by atoms with Gasteiger partial charge in [-0.2, -0.15) is 0 Å². The normalized spacial score (nSPS) is 27.9. The Morgan fingerprint density at radius 2 is 2.07 bits per heavy atom. The minimum absolute atomic E-state index is 0.116. The second-order valence-corrected chi connectivity index (χ2v) is 7.83. The highest BCUT2D eigenvalue weighted by atomic mass is 16.5. The van der Waals surface area contributed by atoms with Crippen LogP contribution in [0.4, 0.5) is 0 Å². The molecule has 3 N–H and O–H groups in total. The first-order valence-electron chi connectivity index (χ1n) is 10.0. The molecule has 28 heavy (non-hydrogen) atoms. The number of aliphatic hydroxyl groups excluding tert-OH is 1. The van der Waals surface area contributed by atoms with E-state index < -0.39 is 12.1 Å². The summed E-state index contributed by atoms with van der Waals surface area (Å²) in [5.41, 5.74) is 0.942. The van der Waals surface area contributed by atoms with Crippen molar-refractivity contribution in [3.8, 4) is 11.5 Å².